The van der Waals surface area contributed by atoms with Crippen molar-refractivity contribution in [3.8, 4) is 0 Å². The zero-order valence-electron chi connectivity index (χ0n) is 12.8. The summed E-state index contributed by atoms with van der Waals surface area (Å²) in [5.41, 5.74) is 0.964. The third kappa shape index (κ3) is 10.5. The number of hydrogen-bond acceptors (Lipinski definition) is 1. The lowest BCUT2D eigenvalue weighted by Gasteiger charge is -2.35. The Labute approximate surface area is 103 Å². The van der Waals surface area contributed by atoms with Gasteiger partial charge in [0.15, 0.2) is 0 Å². The van der Waals surface area contributed by atoms with Crippen LogP contribution in [0.15, 0.2) is 0 Å². The van der Waals surface area contributed by atoms with Crippen molar-refractivity contribution in [1.29, 1.82) is 0 Å². The Morgan fingerprint density at radius 1 is 0.688 bits per heavy atom. The number of nitrogens with one attached hydrogen (secondary N) is 1. The predicted molar refractivity (Wildman–Crippen MR) is 74.9 cm³/mol. The van der Waals surface area contributed by atoms with E-state index in [0.717, 1.165) is 0 Å². The molecular formula is C15H33N. The van der Waals surface area contributed by atoms with Gasteiger partial charge in [0.25, 0.3) is 0 Å². The molecule has 0 aromatic heterocycles. The molecule has 0 spiro atoms. The van der Waals surface area contributed by atoms with E-state index in [4.69, 9.17) is 0 Å². The van der Waals surface area contributed by atoms with Gasteiger partial charge in [0.1, 0.15) is 0 Å². The van der Waals surface area contributed by atoms with Crippen molar-refractivity contribution in [2.75, 3.05) is 0 Å². The highest BCUT2D eigenvalue weighted by molar-refractivity contribution is 4.85. The fourth-order valence-electron chi connectivity index (χ4n) is 2.30. The molecule has 0 heterocycles. The van der Waals surface area contributed by atoms with Crippen molar-refractivity contribution in [1.82, 2.24) is 5.32 Å². The van der Waals surface area contributed by atoms with E-state index < -0.39 is 0 Å². The van der Waals surface area contributed by atoms with Gasteiger partial charge < -0.3 is 5.32 Å². The Kier molecular flexibility index (Phi) is 5.52. The number of rotatable bonds is 5. The summed E-state index contributed by atoms with van der Waals surface area (Å²) < 4.78 is 0. The summed E-state index contributed by atoms with van der Waals surface area (Å²) in [4.78, 5) is 0. The van der Waals surface area contributed by atoms with Gasteiger partial charge in [-0.3, -0.25) is 0 Å². The molecule has 0 aliphatic rings. The lowest BCUT2D eigenvalue weighted by atomic mass is 9.87. The van der Waals surface area contributed by atoms with Crippen LogP contribution in [0.1, 0.15) is 81.1 Å². The zero-order valence-corrected chi connectivity index (χ0v) is 12.8. The molecule has 0 radical (unpaired) electrons. The van der Waals surface area contributed by atoms with Crippen LogP contribution < -0.4 is 5.32 Å². The Hall–Kier alpha value is -0.0400. The molecule has 0 rings (SSSR count). The van der Waals surface area contributed by atoms with Gasteiger partial charge in [0, 0.05) is 11.1 Å². The van der Waals surface area contributed by atoms with Gasteiger partial charge >= 0.3 is 0 Å². The monoisotopic (exact) mass is 227 g/mol. The Morgan fingerprint density at radius 3 is 1.50 bits per heavy atom. The van der Waals surface area contributed by atoms with Crippen LogP contribution in [0.5, 0.6) is 0 Å². The maximum atomic E-state index is 3.69. The second kappa shape index (κ2) is 5.53. The van der Waals surface area contributed by atoms with Crippen LogP contribution in [-0.2, 0) is 0 Å². The van der Waals surface area contributed by atoms with Crippen molar-refractivity contribution >= 4 is 0 Å². The first kappa shape index (κ1) is 16.0. The average Bonchev–Trinajstić information content (AvgIpc) is 1.91. The maximum absolute atomic E-state index is 3.69. The van der Waals surface area contributed by atoms with Crippen molar-refractivity contribution in [3.63, 3.8) is 0 Å². The van der Waals surface area contributed by atoms with Crippen LogP contribution in [0.25, 0.3) is 0 Å². The minimum Gasteiger partial charge on any atom is -0.307 e. The molecule has 0 unspecified atom stereocenters. The van der Waals surface area contributed by atoms with E-state index in [0.29, 0.717) is 5.41 Å². The summed E-state index contributed by atoms with van der Waals surface area (Å²) in [5.74, 6) is 0. The lowest BCUT2D eigenvalue weighted by molar-refractivity contribution is 0.255. The highest BCUT2D eigenvalue weighted by atomic mass is 15.0. The highest BCUT2D eigenvalue weighted by Crippen LogP contribution is 2.24. The zero-order chi connectivity index (χ0) is 13.0. The maximum Gasteiger partial charge on any atom is 0.0130 e. The normalized spacial score (nSPS) is 14.2. The minimum absolute atomic E-state index is 0.216. The van der Waals surface area contributed by atoms with Crippen LogP contribution in [-0.4, -0.2) is 11.1 Å². The lowest BCUT2D eigenvalue weighted by Crippen LogP contribution is -2.50. The smallest absolute Gasteiger partial charge is 0.0130 e. The standard InChI is InChI=1S/C15H33N/c1-13(2,3)11-9-10-12-15(7,8)16-14(4,5)6/h16H,9-12H2,1-8H3. The molecule has 1 nitrogen and oxygen atoms in total. The highest BCUT2D eigenvalue weighted by Gasteiger charge is 2.23. The van der Waals surface area contributed by atoms with E-state index in [2.05, 4.69) is 60.7 Å². The largest absolute Gasteiger partial charge is 0.307 e. The van der Waals surface area contributed by atoms with Gasteiger partial charge in [-0.25, -0.2) is 0 Å². The molecule has 0 bridgehead atoms. The first-order valence-corrected chi connectivity index (χ1v) is 6.71. The predicted octanol–water partition coefficient (Wildman–Crippen LogP) is 4.76. The summed E-state index contributed by atoms with van der Waals surface area (Å²) in [6.45, 7) is 18.3. The quantitative estimate of drug-likeness (QED) is 0.668. The topological polar surface area (TPSA) is 12.0 Å². The Bertz CT molecular complexity index is 190. The molecule has 1 N–H and O–H groups in total. The van der Waals surface area contributed by atoms with Crippen LogP contribution >= 0.6 is 0 Å². The van der Waals surface area contributed by atoms with Crippen LogP contribution in [0.4, 0.5) is 0 Å². The van der Waals surface area contributed by atoms with E-state index >= 15 is 0 Å². The molecule has 0 aliphatic heterocycles. The van der Waals surface area contributed by atoms with Crippen LogP contribution in [0, 0.1) is 5.41 Å². The van der Waals surface area contributed by atoms with Crippen molar-refractivity contribution in [3.05, 3.63) is 0 Å². The molecule has 16 heavy (non-hydrogen) atoms. The fourth-order valence-corrected chi connectivity index (χ4v) is 2.30. The van der Waals surface area contributed by atoms with Crippen molar-refractivity contribution in [2.45, 2.75) is 92.2 Å². The third-order valence-corrected chi connectivity index (χ3v) is 2.69. The molecule has 98 valence electrons. The molecule has 0 saturated heterocycles. The third-order valence-electron chi connectivity index (χ3n) is 2.69. The van der Waals surface area contributed by atoms with Gasteiger partial charge in [-0.2, -0.15) is 0 Å². The summed E-state index contributed by atoms with van der Waals surface area (Å²) in [6, 6.07) is 0. The van der Waals surface area contributed by atoms with E-state index in [1.54, 1.807) is 0 Å². The molecule has 0 amide bonds. The molecule has 0 saturated carbocycles. The van der Waals surface area contributed by atoms with Gasteiger partial charge in [-0.15, -0.1) is 0 Å². The first-order valence-electron chi connectivity index (χ1n) is 6.71. The summed E-state index contributed by atoms with van der Waals surface area (Å²) >= 11 is 0. The van der Waals surface area contributed by atoms with E-state index in [9.17, 15) is 0 Å². The van der Waals surface area contributed by atoms with Gasteiger partial charge in [-0.05, 0) is 52.9 Å². The minimum atomic E-state index is 0.216. The second-order valence-electron chi connectivity index (χ2n) is 8.03. The van der Waals surface area contributed by atoms with E-state index in [1.165, 1.54) is 25.7 Å². The Balaban J connectivity index is 3.83. The SMILES string of the molecule is CC(C)(C)CCCCC(C)(C)NC(C)(C)C. The van der Waals surface area contributed by atoms with E-state index in [1.807, 2.05) is 0 Å². The molecule has 0 aliphatic carbocycles. The van der Waals surface area contributed by atoms with Crippen LogP contribution in [0.3, 0.4) is 0 Å². The van der Waals surface area contributed by atoms with Gasteiger partial charge in [-0.1, -0.05) is 33.6 Å². The molecule has 0 aromatic rings. The average molecular weight is 227 g/mol. The molecule has 0 aromatic carbocycles. The molecular weight excluding hydrogens is 194 g/mol. The Morgan fingerprint density at radius 2 is 1.12 bits per heavy atom. The van der Waals surface area contributed by atoms with Crippen molar-refractivity contribution in [2.24, 2.45) is 5.41 Å². The summed E-state index contributed by atoms with van der Waals surface area (Å²) in [6.07, 6.45) is 5.27. The van der Waals surface area contributed by atoms with Crippen LogP contribution in [0.2, 0.25) is 0 Å². The number of unbranched alkanes of at least 4 members (excludes halogenated alkanes) is 1. The van der Waals surface area contributed by atoms with E-state index in [-0.39, 0.29) is 11.1 Å². The fraction of sp³-hybridized carbons (Fsp3) is 1.00. The van der Waals surface area contributed by atoms with Gasteiger partial charge in [0.2, 0.25) is 0 Å². The second-order valence-corrected chi connectivity index (χ2v) is 8.03. The molecule has 0 fully saturated rings. The summed E-state index contributed by atoms with van der Waals surface area (Å²) in [5, 5.41) is 3.69. The van der Waals surface area contributed by atoms with Crippen molar-refractivity contribution < 1.29 is 0 Å². The molecule has 0 atom stereocenters. The first-order chi connectivity index (χ1) is 6.91. The molecule has 1 heteroatoms. The summed E-state index contributed by atoms with van der Waals surface area (Å²) in [7, 11) is 0. The van der Waals surface area contributed by atoms with Gasteiger partial charge in [0.05, 0.1) is 0 Å². The number of hydrogen-bond donors (Lipinski definition) is 1.